The molecule has 0 radical (unpaired) electrons. The topological polar surface area (TPSA) is 36.4 Å². The van der Waals surface area contributed by atoms with Crippen molar-refractivity contribution in [2.45, 2.75) is 32.1 Å². The summed E-state index contributed by atoms with van der Waals surface area (Å²) in [4.78, 5) is 4.45. The lowest BCUT2D eigenvalue weighted by atomic mass is 9.89. The Kier molecular flexibility index (Phi) is 4.33. The lowest BCUT2D eigenvalue weighted by molar-refractivity contribution is 0.331. The van der Waals surface area contributed by atoms with E-state index in [-0.39, 0.29) is 24.0 Å². The predicted octanol–water partition coefficient (Wildman–Crippen LogP) is 1.98. The Balaban J connectivity index is 0.000000963. The number of nitrogens with zero attached hydrogens (tertiary/aromatic N) is 1. The van der Waals surface area contributed by atoms with Crippen molar-refractivity contribution in [3.05, 3.63) is 0 Å². The summed E-state index contributed by atoms with van der Waals surface area (Å²) < 4.78 is 0. The molecule has 0 aromatic carbocycles. The third-order valence-corrected chi connectivity index (χ3v) is 4.31. The molecule has 4 heteroatoms. The Labute approximate surface area is 115 Å². The normalized spacial score (nSPS) is 36.2. The van der Waals surface area contributed by atoms with E-state index in [0.29, 0.717) is 0 Å². The van der Waals surface area contributed by atoms with Crippen LogP contribution in [0.2, 0.25) is 0 Å². The monoisotopic (exact) mass is 335 g/mol. The Morgan fingerprint density at radius 3 is 2.88 bits per heavy atom. The SMILES string of the molecule is C1CN=C(NCC2CC3CCC2C3)NC1.I. The highest BCUT2D eigenvalue weighted by atomic mass is 127. The zero-order chi connectivity index (χ0) is 10.1. The van der Waals surface area contributed by atoms with Crippen LogP contribution in [0.5, 0.6) is 0 Å². The molecule has 1 aliphatic heterocycles. The second-order valence-electron chi connectivity index (χ2n) is 5.33. The summed E-state index contributed by atoms with van der Waals surface area (Å²) in [6, 6.07) is 0. The van der Waals surface area contributed by atoms with Gasteiger partial charge in [0.15, 0.2) is 5.96 Å². The Morgan fingerprint density at radius 2 is 2.25 bits per heavy atom. The van der Waals surface area contributed by atoms with Crippen LogP contribution in [-0.4, -0.2) is 25.6 Å². The predicted molar refractivity (Wildman–Crippen MR) is 77.3 cm³/mol. The van der Waals surface area contributed by atoms with Crippen molar-refractivity contribution in [1.29, 1.82) is 0 Å². The first kappa shape index (κ1) is 12.5. The first-order chi connectivity index (χ1) is 7.42. The van der Waals surface area contributed by atoms with E-state index < -0.39 is 0 Å². The van der Waals surface area contributed by atoms with Gasteiger partial charge in [-0.1, -0.05) is 6.42 Å². The zero-order valence-electron chi connectivity index (χ0n) is 9.74. The molecule has 0 saturated heterocycles. The van der Waals surface area contributed by atoms with E-state index in [1.165, 1.54) is 32.1 Å². The molecule has 2 aliphatic carbocycles. The fourth-order valence-corrected chi connectivity index (χ4v) is 3.51. The molecule has 1 heterocycles. The van der Waals surface area contributed by atoms with Gasteiger partial charge >= 0.3 is 0 Å². The van der Waals surface area contributed by atoms with Gasteiger partial charge in [-0.05, 0) is 43.4 Å². The van der Waals surface area contributed by atoms with Crippen LogP contribution in [0.4, 0.5) is 0 Å². The maximum absolute atomic E-state index is 4.45. The van der Waals surface area contributed by atoms with Crippen LogP contribution in [0.3, 0.4) is 0 Å². The number of fused-ring (bicyclic) bond motifs is 2. The average Bonchev–Trinajstić information content (AvgIpc) is 2.89. The first-order valence-corrected chi connectivity index (χ1v) is 6.44. The zero-order valence-corrected chi connectivity index (χ0v) is 12.1. The molecule has 16 heavy (non-hydrogen) atoms. The lowest BCUT2D eigenvalue weighted by Crippen LogP contribution is -2.43. The van der Waals surface area contributed by atoms with Crippen molar-refractivity contribution in [2.75, 3.05) is 19.6 Å². The molecule has 3 unspecified atom stereocenters. The highest BCUT2D eigenvalue weighted by Gasteiger charge is 2.39. The number of halogens is 1. The van der Waals surface area contributed by atoms with Gasteiger partial charge in [0.1, 0.15) is 0 Å². The van der Waals surface area contributed by atoms with Crippen LogP contribution in [0.15, 0.2) is 4.99 Å². The van der Waals surface area contributed by atoms with Gasteiger partial charge in [-0.3, -0.25) is 4.99 Å². The molecule has 0 amide bonds. The van der Waals surface area contributed by atoms with Crippen molar-refractivity contribution in [3.8, 4) is 0 Å². The molecule has 2 saturated carbocycles. The third-order valence-electron chi connectivity index (χ3n) is 4.31. The van der Waals surface area contributed by atoms with Crippen LogP contribution in [-0.2, 0) is 0 Å². The van der Waals surface area contributed by atoms with E-state index in [4.69, 9.17) is 0 Å². The molecule has 0 spiro atoms. The van der Waals surface area contributed by atoms with E-state index in [1.807, 2.05) is 0 Å². The highest BCUT2D eigenvalue weighted by Crippen LogP contribution is 2.47. The van der Waals surface area contributed by atoms with Crippen LogP contribution in [0, 0.1) is 17.8 Å². The fraction of sp³-hybridized carbons (Fsp3) is 0.917. The van der Waals surface area contributed by atoms with Crippen molar-refractivity contribution in [1.82, 2.24) is 10.6 Å². The maximum Gasteiger partial charge on any atom is 0.191 e. The van der Waals surface area contributed by atoms with Gasteiger partial charge in [-0.2, -0.15) is 0 Å². The number of hydrogen-bond acceptors (Lipinski definition) is 3. The summed E-state index contributed by atoms with van der Waals surface area (Å²) in [6.45, 7) is 3.22. The summed E-state index contributed by atoms with van der Waals surface area (Å²) in [5.74, 6) is 4.05. The van der Waals surface area contributed by atoms with Gasteiger partial charge < -0.3 is 10.6 Å². The van der Waals surface area contributed by atoms with Crippen molar-refractivity contribution in [3.63, 3.8) is 0 Å². The van der Waals surface area contributed by atoms with E-state index in [1.54, 1.807) is 0 Å². The minimum atomic E-state index is 0. The third kappa shape index (κ3) is 2.63. The minimum absolute atomic E-state index is 0. The Morgan fingerprint density at radius 1 is 1.31 bits per heavy atom. The largest absolute Gasteiger partial charge is 0.356 e. The van der Waals surface area contributed by atoms with Gasteiger partial charge in [0.25, 0.3) is 0 Å². The molecular formula is C12H22IN3. The Hall–Kier alpha value is 0. The summed E-state index contributed by atoms with van der Waals surface area (Å²) in [5, 5.41) is 6.81. The van der Waals surface area contributed by atoms with E-state index in [9.17, 15) is 0 Å². The van der Waals surface area contributed by atoms with Crippen molar-refractivity contribution in [2.24, 2.45) is 22.7 Å². The van der Waals surface area contributed by atoms with Crippen LogP contribution >= 0.6 is 24.0 Å². The van der Waals surface area contributed by atoms with E-state index in [2.05, 4.69) is 15.6 Å². The summed E-state index contributed by atoms with van der Waals surface area (Å²) in [5.41, 5.74) is 0. The van der Waals surface area contributed by atoms with Crippen LogP contribution < -0.4 is 10.6 Å². The molecule has 2 bridgehead atoms. The van der Waals surface area contributed by atoms with Crippen LogP contribution in [0.1, 0.15) is 32.1 Å². The highest BCUT2D eigenvalue weighted by molar-refractivity contribution is 14.0. The molecule has 0 aromatic rings. The molecule has 2 N–H and O–H groups in total. The number of rotatable bonds is 2. The van der Waals surface area contributed by atoms with Gasteiger partial charge in [0.05, 0.1) is 0 Å². The number of hydrogen-bond donors (Lipinski definition) is 2. The average molecular weight is 335 g/mol. The van der Waals surface area contributed by atoms with Gasteiger partial charge in [0, 0.05) is 19.6 Å². The minimum Gasteiger partial charge on any atom is -0.356 e. The van der Waals surface area contributed by atoms with E-state index in [0.717, 1.165) is 43.3 Å². The second kappa shape index (κ2) is 5.56. The quantitative estimate of drug-likeness (QED) is 0.757. The molecule has 3 aliphatic rings. The maximum atomic E-state index is 4.45. The van der Waals surface area contributed by atoms with Crippen LogP contribution in [0.25, 0.3) is 0 Å². The number of nitrogens with one attached hydrogen (secondary N) is 2. The summed E-state index contributed by atoms with van der Waals surface area (Å²) >= 11 is 0. The van der Waals surface area contributed by atoms with E-state index >= 15 is 0 Å². The fourth-order valence-electron chi connectivity index (χ4n) is 3.51. The molecule has 3 rings (SSSR count). The lowest BCUT2D eigenvalue weighted by Gasteiger charge is -2.24. The van der Waals surface area contributed by atoms with Crippen molar-refractivity contribution < 1.29 is 0 Å². The molecular weight excluding hydrogens is 313 g/mol. The smallest absolute Gasteiger partial charge is 0.191 e. The Bertz CT molecular complexity index is 267. The summed E-state index contributed by atoms with van der Waals surface area (Å²) in [6.07, 6.45) is 7.13. The van der Waals surface area contributed by atoms with Gasteiger partial charge in [-0.25, -0.2) is 0 Å². The summed E-state index contributed by atoms with van der Waals surface area (Å²) in [7, 11) is 0. The van der Waals surface area contributed by atoms with Gasteiger partial charge in [-0.15, -0.1) is 24.0 Å². The molecule has 92 valence electrons. The number of aliphatic imine (C=N–C) groups is 1. The van der Waals surface area contributed by atoms with Gasteiger partial charge in [0.2, 0.25) is 0 Å². The molecule has 3 nitrogen and oxygen atoms in total. The number of guanidine groups is 1. The standard InChI is InChI=1S/C12H21N3.HI/c1-4-13-12(14-5-1)15-8-11-7-9-2-3-10(11)6-9;/h9-11H,1-8H2,(H2,13,14,15);1H. The molecule has 3 atom stereocenters. The first-order valence-electron chi connectivity index (χ1n) is 6.44. The molecule has 0 aromatic heterocycles. The second-order valence-corrected chi connectivity index (χ2v) is 5.33. The molecule has 2 fully saturated rings. The van der Waals surface area contributed by atoms with Crippen molar-refractivity contribution >= 4 is 29.9 Å².